The molecule has 1 fully saturated rings. The van der Waals surface area contributed by atoms with E-state index in [0.29, 0.717) is 25.7 Å². The van der Waals surface area contributed by atoms with E-state index < -0.39 is 67.3 Å². The van der Waals surface area contributed by atoms with Gasteiger partial charge in [-0.25, -0.2) is 4.79 Å². The second-order valence-corrected chi connectivity index (χ2v) is 22.7. The van der Waals surface area contributed by atoms with Crippen molar-refractivity contribution in [3.63, 3.8) is 0 Å². The molecule has 1 rings (SSSR count). The normalized spacial score (nSPS) is 18.2. The number of hydrogen-bond donors (Lipinski definition) is 3. The molecule has 1 saturated heterocycles. The monoisotopic (exact) mass is 1190 g/mol. The molecule has 0 aromatic heterocycles. The predicted octanol–water partition coefficient (Wildman–Crippen LogP) is 18.6. The van der Waals surface area contributed by atoms with E-state index in [2.05, 4.69) is 124 Å². The number of allylic oxidation sites excluding steroid dienone is 18. The molecular weight excluding hydrogens is 1070 g/mol. The Kier molecular flexibility index (Phi) is 55.1. The van der Waals surface area contributed by atoms with Crippen LogP contribution in [0.1, 0.15) is 278 Å². The number of carboxylic acids is 1. The summed E-state index contributed by atoms with van der Waals surface area (Å²) in [7, 11) is 0. The lowest BCUT2D eigenvalue weighted by molar-refractivity contribution is -0.301. The van der Waals surface area contributed by atoms with Crippen molar-refractivity contribution in [3.05, 3.63) is 109 Å². The van der Waals surface area contributed by atoms with Crippen molar-refractivity contribution in [2.24, 2.45) is 0 Å². The molecule has 0 bridgehead atoms. The predicted molar refractivity (Wildman–Crippen MR) is 349 cm³/mol. The van der Waals surface area contributed by atoms with Crippen LogP contribution in [0.25, 0.3) is 0 Å². The van der Waals surface area contributed by atoms with Crippen LogP contribution in [0.2, 0.25) is 0 Å². The van der Waals surface area contributed by atoms with Gasteiger partial charge in [-0.15, -0.1) is 0 Å². The second-order valence-electron chi connectivity index (χ2n) is 22.7. The average molecular weight is 1190 g/mol. The Morgan fingerprint density at radius 2 is 0.753 bits per heavy atom. The first-order chi connectivity index (χ1) is 41.6. The average Bonchev–Trinajstić information content (AvgIpc) is 3.53. The Bertz CT molecular complexity index is 1890. The van der Waals surface area contributed by atoms with Crippen LogP contribution < -0.4 is 0 Å². The summed E-state index contributed by atoms with van der Waals surface area (Å²) in [5.74, 6) is -3.21. The third-order valence-corrected chi connectivity index (χ3v) is 14.8. The van der Waals surface area contributed by atoms with Crippen molar-refractivity contribution in [2.45, 2.75) is 314 Å². The van der Waals surface area contributed by atoms with Crippen molar-refractivity contribution in [3.8, 4) is 0 Å². The van der Waals surface area contributed by atoms with Crippen LogP contribution >= 0.6 is 0 Å². The molecule has 12 heteroatoms. The smallest absolute Gasteiger partial charge is 0.335 e. The van der Waals surface area contributed by atoms with Gasteiger partial charge in [0.2, 0.25) is 0 Å². The Labute approximate surface area is 516 Å². The molecule has 0 aliphatic carbocycles. The van der Waals surface area contributed by atoms with Gasteiger partial charge in [0.15, 0.2) is 24.6 Å². The van der Waals surface area contributed by atoms with Gasteiger partial charge in [0.25, 0.3) is 0 Å². The van der Waals surface area contributed by atoms with E-state index in [0.717, 1.165) is 103 Å². The van der Waals surface area contributed by atoms with Crippen molar-refractivity contribution in [1.29, 1.82) is 0 Å². The zero-order valence-electron chi connectivity index (χ0n) is 53.6. The van der Waals surface area contributed by atoms with Gasteiger partial charge >= 0.3 is 23.9 Å². The highest BCUT2D eigenvalue weighted by molar-refractivity contribution is 5.74. The molecule has 85 heavy (non-hydrogen) atoms. The van der Waals surface area contributed by atoms with Crippen LogP contribution in [0.5, 0.6) is 0 Å². The summed E-state index contributed by atoms with van der Waals surface area (Å²) in [6, 6.07) is 0. The summed E-state index contributed by atoms with van der Waals surface area (Å²) in [5.41, 5.74) is 0. The lowest BCUT2D eigenvalue weighted by Crippen LogP contribution is -2.61. The zero-order valence-corrected chi connectivity index (χ0v) is 53.6. The summed E-state index contributed by atoms with van der Waals surface area (Å²) < 4.78 is 28.5. The maximum atomic E-state index is 13.2. The molecule has 12 nitrogen and oxygen atoms in total. The highest BCUT2D eigenvalue weighted by atomic mass is 16.7. The van der Waals surface area contributed by atoms with Gasteiger partial charge in [0, 0.05) is 19.3 Å². The molecule has 1 aliphatic rings. The number of unbranched alkanes of at least 4 members (excludes halogenated alkanes) is 25. The Balaban J connectivity index is 2.68. The van der Waals surface area contributed by atoms with E-state index >= 15 is 0 Å². The first kappa shape index (κ1) is 78.4. The molecule has 0 spiro atoms. The standard InChI is InChI=1S/C73H120O12/c1-4-7-10-13-16-19-22-25-28-31-33-36-38-41-44-47-50-53-56-59-65(74)81-62-64(83-66(75)60-57-54-51-48-45-42-39-35-30-27-24-21-18-15-12-9-6-3)63-82-73-71(69(78)68(77)70(85-73)72(79)80)84-67(76)61-58-55-52-49-46-43-40-37-34-32-29-26-23-20-17-14-11-8-5-2/h9,12,16-21,25-30,39,42,48,51,64,68-71,73,77-78H,4-8,10-11,13-15,22-24,31-38,40-41,43-47,49-50,52-63H2,1-3H3,(H,79,80)/b12-9-,19-16-,20-17-,21-18-,28-25-,29-26-,30-27-,42-39-,51-48-. The van der Waals surface area contributed by atoms with Crippen LogP contribution in [0, 0.1) is 0 Å². The maximum absolute atomic E-state index is 13.2. The van der Waals surface area contributed by atoms with Crippen LogP contribution in [0.15, 0.2) is 109 Å². The van der Waals surface area contributed by atoms with Crippen LogP contribution in [-0.2, 0) is 42.9 Å². The molecule has 6 unspecified atom stereocenters. The Morgan fingerprint density at radius 3 is 1.16 bits per heavy atom. The maximum Gasteiger partial charge on any atom is 0.335 e. The lowest BCUT2D eigenvalue weighted by Gasteiger charge is -2.40. The third kappa shape index (κ3) is 49.1. The lowest BCUT2D eigenvalue weighted by atomic mass is 9.98. The summed E-state index contributed by atoms with van der Waals surface area (Å²) in [6.45, 7) is 5.81. The fourth-order valence-electron chi connectivity index (χ4n) is 9.64. The summed E-state index contributed by atoms with van der Waals surface area (Å²) in [6.07, 6.45) is 69.0. The largest absolute Gasteiger partial charge is 0.479 e. The molecule has 0 radical (unpaired) electrons. The molecule has 0 aromatic rings. The Morgan fingerprint density at radius 1 is 0.400 bits per heavy atom. The van der Waals surface area contributed by atoms with E-state index in [1.54, 1.807) is 0 Å². The highest BCUT2D eigenvalue weighted by Crippen LogP contribution is 2.27. The molecule has 0 amide bonds. The summed E-state index contributed by atoms with van der Waals surface area (Å²) in [5, 5.41) is 31.6. The van der Waals surface area contributed by atoms with Gasteiger partial charge in [-0.3, -0.25) is 14.4 Å². The van der Waals surface area contributed by atoms with Crippen LogP contribution in [-0.4, -0.2) is 89.2 Å². The fourth-order valence-corrected chi connectivity index (χ4v) is 9.64. The molecule has 1 heterocycles. The van der Waals surface area contributed by atoms with Crippen molar-refractivity contribution >= 4 is 23.9 Å². The number of carbonyl (C=O) groups excluding carboxylic acids is 3. The van der Waals surface area contributed by atoms with Crippen molar-refractivity contribution in [2.75, 3.05) is 13.2 Å². The minimum atomic E-state index is -1.92. The number of aliphatic hydroxyl groups excluding tert-OH is 2. The second kappa shape index (κ2) is 59.7. The molecular formula is C73H120O12. The molecule has 0 saturated carbocycles. The Hall–Kier alpha value is -4.62. The fraction of sp³-hybridized carbons (Fsp3) is 0.699. The number of carboxylic acid groups (broad SMARTS) is 1. The zero-order chi connectivity index (χ0) is 61.7. The van der Waals surface area contributed by atoms with Gasteiger partial charge in [0.05, 0.1) is 6.61 Å². The van der Waals surface area contributed by atoms with E-state index in [1.807, 2.05) is 6.08 Å². The highest BCUT2D eigenvalue weighted by Gasteiger charge is 2.50. The SMILES string of the molecule is CC/C=C\C/C=C\C/C=C\C/C=C\C/C=C\CCCC(=O)OC(COC(=O)CCCCCCCCCCC/C=C\C/C=C\CCCCC)COC1OC(C(=O)O)C(O)C(O)C1OC(=O)CCCCCCCCCCC/C=C\C/C=C\CCCCC. The number of aliphatic hydroxyl groups is 2. The number of ether oxygens (including phenoxy) is 5. The van der Waals surface area contributed by atoms with E-state index in [1.165, 1.54) is 109 Å². The van der Waals surface area contributed by atoms with Crippen LogP contribution in [0.3, 0.4) is 0 Å². The number of hydrogen-bond acceptors (Lipinski definition) is 11. The molecule has 1 aliphatic heterocycles. The molecule has 6 atom stereocenters. The van der Waals surface area contributed by atoms with Crippen LogP contribution in [0.4, 0.5) is 0 Å². The van der Waals surface area contributed by atoms with Gasteiger partial charge in [-0.2, -0.15) is 0 Å². The van der Waals surface area contributed by atoms with Gasteiger partial charge < -0.3 is 39.0 Å². The first-order valence-corrected chi connectivity index (χ1v) is 33.9. The van der Waals surface area contributed by atoms with Gasteiger partial charge in [0.1, 0.15) is 18.8 Å². The van der Waals surface area contributed by atoms with Crippen molar-refractivity contribution in [1.82, 2.24) is 0 Å². The van der Waals surface area contributed by atoms with Gasteiger partial charge in [-0.1, -0.05) is 246 Å². The van der Waals surface area contributed by atoms with Crippen molar-refractivity contribution < 1.29 is 58.2 Å². The molecule has 3 N–H and O–H groups in total. The van der Waals surface area contributed by atoms with E-state index in [4.69, 9.17) is 23.7 Å². The van der Waals surface area contributed by atoms with E-state index in [9.17, 15) is 34.5 Å². The number of aliphatic carboxylic acids is 1. The molecule has 0 aromatic carbocycles. The number of esters is 3. The quantitative estimate of drug-likeness (QED) is 0.0228. The minimum absolute atomic E-state index is 0.0443. The molecule has 484 valence electrons. The van der Waals surface area contributed by atoms with Gasteiger partial charge in [-0.05, 0) is 122 Å². The summed E-state index contributed by atoms with van der Waals surface area (Å²) in [4.78, 5) is 51.4. The third-order valence-electron chi connectivity index (χ3n) is 14.8. The topological polar surface area (TPSA) is 175 Å². The minimum Gasteiger partial charge on any atom is -0.479 e. The first-order valence-electron chi connectivity index (χ1n) is 33.9. The number of rotatable bonds is 57. The number of carbonyl (C=O) groups is 4. The van der Waals surface area contributed by atoms with E-state index in [-0.39, 0.29) is 25.9 Å². The summed E-state index contributed by atoms with van der Waals surface area (Å²) >= 11 is 0.